The lowest BCUT2D eigenvalue weighted by molar-refractivity contribution is 0.756. The van der Waals surface area contributed by atoms with Crippen LogP contribution in [-0.2, 0) is 13.6 Å². The number of nitrogens with zero attached hydrogens (tertiary/aromatic N) is 4. The van der Waals surface area contributed by atoms with Crippen molar-refractivity contribution in [2.45, 2.75) is 26.3 Å². The number of anilines is 2. The summed E-state index contributed by atoms with van der Waals surface area (Å²) in [4.78, 5) is 6.90. The molecule has 0 atom stereocenters. The number of hydrogen-bond acceptors (Lipinski definition) is 4. The van der Waals surface area contributed by atoms with Gasteiger partial charge in [-0.15, -0.1) is 0 Å². The van der Waals surface area contributed by atoms with Crippen molar-refractivity contribution in [1.29, 1.82) is 0 Å². The van der Waals surface area contributed by atoms with Crippen molar-refractivity contribution in [3.63, 3.8) is 0 Å². The smallest absolute Gasteiger partial charge is 0.151 e. The number of rotatable bonds is 4. The van der Waals surface area contributed by atoms with Crippen molar-refractivity contribution >= 4 is 11.5 Å². The third kappa shape index (κ3) is 2.61. The molecule has 1 aliphatic rings. The first-order chi connectivity index (χ1) is 9.74. The fourth-order valence-electron chi connectivity index (χ4n) is 2.73. The van der Waals surface area contributed by atoms with E-state index >= 15 is 0 Å². The molecule has 0 aromatic carbocycles. The van der Waals surface area contributed by atoms with E-state index in [0.29, 0.717) is 0 Å². The van der Waals surface area contributed by atoms with Crippen molar-refractivity contribution in [3.05, 3.63) is 35.8 Å². The SMILES string of the molecule is Cc1nn(C)cc1CNc1cccnc1N1CCCC1. The zero-order chi connectivity index (χ0) is 13.9. The van der Waals surface area contributed by atoms with Gasteiger partial charge in [-0.25, -0.2) is 4.98 Å². The van der Waals surface area contributed by atoms with E-state index in [4.69, 9.17) is 0 Å². The van der Waals surface area contributed by atoms with Crippen LogP contribution in [0.2, 0.25) is 0 Å². The number of pyridine rings is 1. The highest BCUT2D eigenvalue weighted by Gasteiger charge is 2.16. The Hall–Kier alpha value is -2.04. The fraction of sp³-hybridized carbons (Fsp3) is 0.467. The van der Waals surface area contributed by atoms with Crippen LogP contribution >= 0.6 is 0 Å². The summed E-state index contributed by atoms with van der Waals surface area (Å²) in [6, 6.07) is 4.09. The van der Waals surface area contributed by atoms with E-state index in [1.807, 2.05) is 30.9 Å². The molecule has 1 saturated heterocycles. The van der Waals surface area contributed by atoms with Gasteiger partial charge in [0.1, 0.15) is 0 Å². The monoisotopic (exact) mass is 271 g/mol. The van der Waals surface area contributed by atoms with E-state index in [-0.39, 0.29) is 0 Å². The Morgan fingerprint density at radius 1 is 1.30 bits per heavy atom. The maximum absolute atomic E-state index is 4.54. The topological polar surface area (TPSA) is 46.0 Å². The van der Waals surface area contributed by atoms with Crippen LogP contribution in [-0.4, -0.2) is 27.9 Å². The highest BCUT2D eigenvalue weighted by atomic mass is 15.3. The van der Waals surface area contributed by atoms with Gasteiger partial charge < -0.3 is 10.2 Å². The van der Waals surface area contributed by atoms with Crippen molar-refractivity contribution < 1.29 is 0 Å². The van der Waals surface area contributed by atoms with Gasteiger partial charge in [-0.1, -0.05) is 0 Å². The second kappa shape index (κ2) is 5.53. The molecule has 3 heterocycles. The molecule has 1 fully saturated rings. The summed E-state index contributed by atoms with van der Waals surface area (Å²) in [6.07, 6.45) is 6.46. The Morgan fingerprint density at radius 3 is 2.80 bits per heavy atom. The standard InChI is InChI=1S/C15H21N5/c1-12-13(11-19(2)18-12)10-17-14-6-5-7-16-15(14)20-8-3-4-9-20/h5-7,11,17H,3-4,8-10H2,1-2H3. The van der Waals surface area contributed by atoms with Crippen LogP contribution in [0.5, 0.6) is 0 Å². The third-order valence-electron chi connectivity index (χ3n) is 3.78. The fourth-order valence-corrected chi connectivity index (χ4v) is 2.73. The molecule has 0 unspecified atom stereocenters. The number of aryl methyl sites for hydroxylation is 2. The minimum Gasteiger partial charge on any atom is -0.378 e. The van der Waals surface area contributed by atoms with Crippen LogP contribution < -0.4 is 10.2 Å². The van der Waals surface area contributed by atoms with Gasteiger partial charge in [-0.05, 0) is 31.9 Å². The quantitative estimate of drug-likeness (QED) is 0.927. The normalized spacial score (nSPS) is 14.8. The summed E-state index contributed by atoms with van der Waals surface area (Å²) in [7, 11) is 1.95. The molecule has 20 heavy (non-hydrogen) atoms. The van der Waals surface area contributed by atoms with Crippen LogP contribution in [0, 0.1) is 6.92 Å². The first-order valence-electron chi connectivity index (χ1n) is 7.17. The van der Waals surface area contributed by atoms with E-state index in [1.165, 1.54) is 18.4 Å². The molecule has 0 radical (unpaired) electrons. The molecule has 0 spiro atoms. The van der Waals surface area contributed by atoms with Gasteiger partial charge in [0.25, 0.3) is 0 Å². The van der Waals surface area contributed by atoms with Gasteiger partial charge in [0, 0.05) is 44.6 Å². The first kappa shape index (κ1) is 13.0. The van der Waals surface area contributed by atoms with Gasteiger partial charge in [-0.2, -0.15) is 5.10 Å². The molecule has 0 aliphatic carbocycles. The molecule has 5 nitrogen and oxygen atoms in total. The van der Waals surface area contributed by atoms with Gasteiger partial charge >= 0.3 is 0 Å². The molecule has 2 aromatic heterocycles. The average molecular weight is 271 g/mol. The Balaban J connectivity index is 1.75. The van der Waals surface area contributed by atoms with Crippen molar-refractivity contribution in [1.82, 2.24) is 14.8 Å². The molecular formula is C15H21N5. The lowest BCUT2D eigenvalue weighted by Gasteiger charge is -2.20. The predicted octanol–water partition coefficient (Wildman–Crippen LogP) is 2.34. The van der Waals surface area contributed by atoms with Gasteiger partial charge in [0.15, 0.2) is 5.82 Å². The molecule has 0 saturated carbocycles. The van der Waals surface area contributed by atoms with Crippen molar-refractivity contribution in [2.75, 3.05) is 23.3 Å². The molecular weight excluding hydrogens is 250 g/mol. The summed E-state index contributed by atoms with van der Waals surface area (Å²) in [6.45, 7) is 5.04. The van der Waals surface area contributed by atoms with Crippen molar-refractivity contribution in [2.24, 2.45) is 7.05 Å². The predicted molar refractivity (Wildman–Crippen MR) is 81.0 cm³/mol. The van der Waals surface area contributed by atoms with Crippen molar-refractivity contribution in [3.8, 4) is 0 Å². The number of nitrogens with one attached hydrogen (secondary N) is 1. The van der Waals surface area contributed by atoms with Gasteiger partial charge in [0.2, 0.25) is 0 Å². The van der Waals surface area contributed by atoms with Crippen LogP contribution in [0.25, 0.3) is 0 Å². The molecule has 2 aromatic rings. The molecule has 0 bridgehead atoms. The molecule has 1 N–H and O–H groups in total. The highest BCUT2D eigenvalue weighted by molar-refractivity contribution is 5.65. The van der Waals surface area contributed by atoms with Crippen LogP contribution in [0.4, 0.5) is 11.5 Å². The lowest BCUT2D eigenvalue weighted by Crippen LogP contribution is -2.20. The second-order valence-electron chi connectivity index (χ2n) is 5.34. The number of hydrogen-bond donors (Lipinski definition) is 1. The first-order valence-corrected chi connectivity index (χ1v) is 7.17. The van der Waals surface area contributed by atoms with E-state index in [2.05, 4.69) is 32.6 Å². The van der Waals surface area contributed by atoms with Crippen LogP contribution in [0.1, 0.15) is 24.1 Å². The Bertz CT molecular complexity index is 584. The van der Waals surface area contributed by atoms with E-state index in [1.54, 1.807) is 0 Å². The van der Waals surface area contributed by atoms with E-state index in [0.717, 1.165) is 36.8 Å². The second-order valence-corrected chi connectivity index (χ2v) is 5.34. The molecule has 1 aliphatic heterocycles. The Morgan fingerprint density at radius 2 is 2.10 bits per heavy atom. The third-order valence-corrected chi connectivity index (χ3v) is 3.78. The van der Waals surface area contributed by atoms with Gasteiger partial charge in [0.05, 0.1) is 11.4 Å². The lowest BCUT2D eigenvalue weighted by atomic mass is 10.2. The van der Waals surface area contributed by atoms with E-state index < -0.39 is 0 Å². The Kier molecular flexibility index (Phi) is 3.58. The summed E-state index contributed by atoms with van der Waals surface area (Å²) in [5.74, 6) is 1.08. The maximum Gasteiger partial charge on any atom is 0.151 e. The average Bonchev–Trinajstić information content (AvgIpc) is 3.07. The minimum absolute atomic E-state index is 0.784. The zero-order valence-electron chi connectivity index (χ0n) is 12.1. The molecule has 5 heteroatoms. The van der Waals surface area contributed by atoms with Crippen LogP contribution in [0.3, 0.4) is 0 Å². The minimum atomic E-state index is 0.784. The largest absolute Gasteiger partial charge is 0.378 e. The summed E-state index contributed by atoms with van der Waals surface area (Å²) in [5, 5.41) is 7.88. The van der Waals surface area contributed by atoms with Gasteiger partial charge in [-0.3, -0.25) is 4.68 Å². The molecule has 3 rings (SSSR count). The Labute approximate surface area is 119 Å². The maximum atomic E-state index is 4.54. The molecule has 106 valence electrons. The van der Waals surface area contributed by atoms with Crippen LogP contribution in [0.15, 0.2) is 24.5 Å². The summed E-state index contributed by atoms with van der Waals surface area (Å²) in [5.41, 5.74) is 3.41. The number of aromatic nitrogens is 3. The van der Waals surface area contributed by atoms with E-state index in [9.17, 15) is 0 Å². The highest BCUT2D eigenvalue weighted by Crippen LogP contribution is 2.26. The summed E-state index contributed by atoms with van der Waals surface area (Å²) < 4.78 is 1.86. The molecule has 0 amide bonds. The summed E-state index contributed by atoms with van der Waals surface area (Å²) >= 11 is 0. The zero-order valence-corrected chi connectivity index (χ0v) is 12.1.